The van der Waals surface area contributed by atoms with E-state index in [1.807, 2.05) is 0 Å². The second kappa shape index (κ2) is 10.4. The van der Waals surface area contributed by atoms with Crippen LogP contribution in [0, 0.1) is 5.92 Å². The quantitative estimate of drug-likeness (QED) is 0.566. The van der Waals surface area contributed by atoms with Gasteiger partial charge in [-0.25, -0.2) is 13.6 Å². The molecule has 0 aliphatic heterocycles. The summed E-state index contributed by atoms with van der Waals surface area (Å²) in [6, 6.07) is 14.8. The average Bonchev–Trinajstić information content (AvgIpc) is 2.74. The van der Waals surface area contributed by atoms with Crippen LogP contribution in [0.1, 0.15) is 69.0 Å². The molecule has 1 amide bonds. The van der Waals surface area contributed by atoms with Crippen molar-refractivity contribution < 1.29 is 13.2 Å². The van der Waals surface area contributed by atoms with Crippen LogP contribution in [0.15, 0.2) is 53.4 Å². The van der Waals surface area contributed by atoms with E-state index in [4.69, 9.17) is 5.14 Å². The van der Waals surface area contributed by atoms with Crippen molar-refractivity contribution in [1.29, 1.82) is 0 Å². The highest BCUT2D eigenvalue weighted by Gasteiger charge is 2.19. The third-order valence-electron chi connectivity index (χ3n) is 5.97. The zero-order valence-electron chi connectivity index (χ0n) is 18.3. The molecule has 168 valence electrons. The first-order chi connectivity index (χ1) is 14.7. The molecular formula is C24H33N3O3S. The van der Waals surface area contributed by atoms with E-state index < -0.39 is 10.0 Å². The first-order valence-electron chi connectivity index (χ1n) is 11.0. The van der Waals surface area contributed by atoms with E-state index in [-0.39, 0.29) is 23.4 Å². The summed E-state index contributed by atoms with van der Waals surface area (Å²) >= 11 is 0. The third kappa shape index (κ3) is 6.63. The van der Waals surface area contributed by atoms with Gasteiger partial charge in [0.1, 0.15) is 0 Å². The van der Waals surface area contributed by atoms with E-state index >= 15 is 0 Å². The van der Waals surface area contributed by atoms with Crippen LogP contribution in [-0.4, -0.2) is 20.9 Å². The van der Waals surface area contributed by atoms with E-state index in [9.17, 15) is 13.2 Å². The Balaban J connectivity index is 1.61. The van der Waals surface area contributed by atoms with E-state index in [1.54, 1.807) is 12.1 Å². The van der Waals surface area contributed by atoms with Crippen LogP contribution in [0.4, 0.5) is 5.69 Å². The van der Waals surface area contributed by atoms with Gasteiger partial charge >= 0.3 is 0 Å². The molecule has 1 aliphatic rings. The fraction of sp³-hybridized carbons (Fsp3) is 0.458. The molecule has 0 saturated heterocycles. The van der Waals surface area contributed by atoms with Crippen molar-refractivity contribution in [1.82, 2.24) is 5.32 Å². The Morgan fingerprint density at radius 3 is 2.35 bits per heavy atom. The zero-order chi connectivity index (χ0) is 22.4. The Labute approximate surface area is 185 Å². The first kappa shape index (κ1) is 23.4. The Hall–Kier alpha value is -2.22. The van der Waals surface area contributed by atoms with Crippen LogP contribution in [0.2, 0.25) is 0 Å². The lowest BCUT2D eigenvalue weighted by molar-refractivity contribution is -0.115. The lowest BCUT2D eigenvalue weighted by Gasteiger charge is -2.25. The number of anilines is 1. The summed E-state index contributed by atoms with van der Waals surface area (Å²) in [6.07, 6.45) is 6.54. The minimum absolute atomic E-state index is 0.0311. The second-order valence-electron chi connectivity index (χ2n) is 8.73. The van der Waals surface area contributed by atoms with Gasteiger partial charge in [-0.2, -0.15) is 0 Å². The van der Waals surface area contributed by atoms with Gasteiger partial charge < -0.3 is 10.6 Å². The van der Waals surface area contributed by atoms with E-state index in [0.29, 0.717) is 17.5 Å². The summed E-state index contributed by atoms with van der Waals surface area (Å²) < 4.78 is 23.0. The van der Waals surface area contributed by atoms with Gasteiger partial charge in [-0.05, 0) is 54.0 Å². The van der Waals surface area contributed by atoms with Gasteiger partial charge in [0.15, 0.2) is 0 Å². The smallest absolute Gasteiger partial charge is 0.238 e. The van der Waals surface area contributed by atoms with E-state index in [0.717, 1.165) is 0 Å². The predicted molar refractivity (Wildman–Crippen MR) is 124 cm³/mol. The number of nitrogens with one attached hydrogen (secondary N) is 2. The Morgan fingerprint density at radius 2 is 1.74 bits per heavy atom. The van der Waals surface area contributed by atoms with E-state index in [2.05, 4.69) is 48.7 Å². The van der Waals surface area contributed by atoms with Crippen LogP contribution >= 0.6 is 0 Å². The van der Waals surface area contributed by atoms with Gasteiger partial charge in [0.05, 0.1) is 11.4 Å². The minimum atomic E-state index is -3.81. The molecular weight excluding hydrogens is 410 g/mol. The maximum absolute atomic E-state index is 12.4. The van der Waals surface area contributed by atoms with E-state index in [1.165, 1.54) is 55.4 Å². The van der Waals surface area contributed by atoms with Crippen molar-refractivity contribution >= 4 is 21.6 Å². The summed E-state index contributed by atoms with van der Waals surface area (Å²) in [6.45, 7) is 4.37. The molecule has 1 atom stereocenters. The molecule has 3 rings (SSSR count). The monoisotopic (exact) mass is 443 g/mol. The fourth-order valence-corrected chi connectivity index (χ4v) is 4.87. The SMILES string of the molecule is CC(C)C(NCC(=O)Nc1cccc(S(N)(=O)=O)c1)c1ccc(C2CCCCC2)cc1. The van der Waals surface area contributed by atoms with Gasteiger partial charge in [0, 0.05) is 11.7 Å². The molecule has 0 spiro atoms. The predicted octanol–water partition coefficient (Wildman–Crippen LogP) is 4.31. The van der Waals surface area contributed by atoms with Crippen LogP contribution in [0.3, 0.4) is 0 Å². The molecule has 4 N–H and O–H groups in total. The van der Waals surface area contributed by atoms with Gasteiger partial charge in [0.2, 0.25) is 15.9 Å². The largest absolute Gasteiger partial charge is 0.325 e. The van der Waals surface area contributed by atoms with Crippen molar-refractivity contribution in [3.05, 3.63) is 59.7 Å². The maximum atomic E-state index is 12.4. The molecule has 0 radical (unpaired) electrons. The summed E-state index contributed by atoms with van der Waals surface area (Å²) in [7, 11) is -3.81. The van der Waals surface area contributed by atoms with Gasteiger partial charge in [0.25, 0.3) is 0 Å². The number of carbonyl (C=O) groups is 1. The topological polar surface area (TPSA) is 101 Å². The summed E-state index contributed by atoms with van der Waals surface area (Å²) in [5, 5.41) is 11.2. The number of rotatable bonds is 8. The molecule has 1 unspecified atom stereocenters. The molecule has 0 bridgehead atoms. The molecule has 2 aromatic rings. The molecule has 1 fully saturated rings. The van der Waals surface area contributed by atoms with Crippen molar-refractivity contribution in [2.45, 2.75) is 62.8 Å². The van der Waals surface area contributed by atoms with Crippen molar-refractivity contribution in [2.75, 3.05) is 11.9 Å². The average molecular weight is 444 g/mol. The first-order valence-corrected chi connectivity index (χ1v) is 12.5. The normalized spacial score (nSPS) is 16.3. The van der Waals surface area contributed by atoms with Crippen LogP contribution in [-0.2, 0) is 14.8 Å². The summed E-state index contributed by atoms with van der Waals surface area (Å²) in [4.78, 5) is 12.4. The number of benzene rings is 2. The molecule has 2 aromatic carbocycles. The van der Waals surface area contributed by atoms with Crippen molar-refractivity contribution in [2.24, 2.45) is 11.1 Å². The molecule has 1 saturated carbocycles. The number of carbonyl (C=O) groups excluding carboxylic acids is 1. The standard InChI is InChI=1S/C24H33N3O3S/c1-17(2)24(20-13-11-19(12-14-20)18-7-4-3-5-8-18)26-16-23(28)27-21-9-6-10-22(15-21)31(25,29)30/h6,9-15,17-18,24,26H,3-5,7-8,16H2,1-2H3,(H,27,28)(H2,25,29,30). The Kier molecular flexibility index (Phi) is 7.86. The molecule has 0 aromatic heterocycles. The summed E-state index contributed by atoms with van der Waals surface area (Å²) in [5.41, 5.74) is 2.98. The van der Waals surface area contributed by atoms with Gasteiger partial charge in [-0.1, -0.05) is 63.4 Å². The number of hydrogen-bond donors (Lipinski definition) is 3. The minimum Gasteiger partial charge on any atom is -0.325 e. The zero-order valence-corrected chi connectivity index (χ0v) is 19.1. The number of sulfonamides is 1. The van der Waals surface area contributed by atoms with Crippen molar-refractivity contribution in [3.8, 4) is 0 Å². The highest BCUT2D eigenvalue weighted by atomic mass is 32.2. The lowest BCUT2D eigenvalue weighted by atomic mass is 9.83. The molecule has 31 heavy (non-hydrogen) atoms. The lowest BCUT2D eigenvalue weighted by Crippen LogP contribution is -2.33. The second-order valence-corrected chi connectivity index (χ2v) is 10.3. The van der Waals surface area contributed by atoms with Crippen LogP contribution in [0.5, 0.6) is 0 Å². The fourth-order valence-electron chi connectivity index (χ4n) is 4.31. The molecule has 0 heterocycles. The number of primary sulfonamides is 1. The molecule has 7 heteroatoms. The number of nitrogens with two attached hydrogens (primary N) is 1. The number of amides is 1. The number of hydrogen-bond acceptors (Lipinski definition) is 4. The van der Waals surface area contributed by atoms with Gasteiger partial charge in [-0.15, -0.1) is 0 Å². The highest BCUT2D eigenvalue weighted by Crippen LogP contribution is 2.33. The summed E-state index contributed by atoms with van der Waals surface area (Å²) in [5.74, 6) is 0.738. The van der Waals surface area contributed by atoms with Crippen LogP contribution < -0.4 is 15.8 Å². The Bertz CT molecular complexity index is 981. The third-order valence-corrected chi connectivity index (χ3v) is 6.88. The maximum Gasteiger partial charge on any atom is 0.238 e. The molecule has 1 aliphatic carbocycles. The van der Waals surface area contributed by atoms with Gasteiger partial charge in [-0.3, -0.25) is 4.79 Å². The van der Waals surface area contributed by atoms with Crippen LogP contribution in [0.25, 0.3) is 0 Å². The molecule has 6 nitrogen and oxygen atoms in total. The highest BCUT2D eigenvalue weighted by molar-refractivity contribution is 7.89. The van der Waals surface area contributed by atoms with Crippen molar-refractivity contribution in [3.63, 3.8) is 0 Å². The Morgan fingerprint density at radius 1 is 1.06 bits per heavy atom.